The smallest absolute Gasteiger partial charge is 0.327 e. The zero-order chi connectivity index (χ0) is 15.2. The molecule has 1 saturated carbocycles. The van der Waals surface area contributed by atoms with Crippen LogP contribution in [0, 0.1) is 5.92 Å². The summed E-state index contributed by atoms with van der Waals surface area (Å²) >= 11 is 1.62. The highest BCUT2D eigenvalue weighted by molar-refractivity contribution is 8.00. The topological polar surface area (TPSA) is 70.1 Å². The number of ether oxygens (including phenoxy) is 1. The van der Waals surface area contributed by atoms with Crippen molar-refractivity contribution in [2.45, 2.75) is 43.7 Å². The van der Waals surface area contributed by atoms with E-state index in [4.69, 9.17) is 4.74 Å². The SMILES string of the molecule is CC1(C)CN(C(=O)N2C(C(=O)O)CSC2C2CC2)CCO1. The van der Waals surface area contributed by atoms with Crippen LogP contribution >= 0.6 is 11.8 Å². The van der Waals surface area contributed by atoms with Gasteiger partial charge in [-0.2, -0.15) is 0 Å². The number of nitrogens with zero attached hydrogens (tertiary/aromatic N) is 2. The van der Waals surface area contributed by atoms with Gasteiger partial charge in [0.2, 0.25) is 0 Å². The van der Waals surface area contributed by atoms with Gasteiger partial charge in [0.15, 0.2) is 0 Å². The molecule has 6 nitrogen and oxygen atoms in total. The minimum atomic E-state index is -0.897. The van der Waals surface area contributed by atoms with Crippen molar-refractivity contribution in [1.29, 1.82) is 0 Å². The van der Waals surface area contributed by atoms with E-state index < -0.39 is 12.0 Å². The van der Waals surface area contributed by atoms with E-state index in [1.807, 2.05) is 13.8 Å². The van der Waals surface area contributed by atoms with E-state index in [2.05, 4.69) is 0 Å². The fourth-order valence-corrected chi connectivity index (χ4v) is 4.67. The molecule has 3 aliphatic rings. The number of hydrogen-bond acceptors (Lipinski definition) is 4. The molecule has 7 heteroatoms. The molecule has 0 radical (unpaired) electrons. The third kappa shape index (κ3) is 2.99. The van der Waals surface area contributed by atoms with Gasteiger partial charge in [0.1, 0.15) is 6.04 Å². The first-order valence-electron chi connectivity index (χ1n) is 7.45. The van der Waals surface area contributed by atoms with Crippen LogP contribution in [-0.2, 0) is 9.53 Å². The number of rotatable bonds is 2. The molecular formula is C14H22N2O4S. The maximum Gasteiger partial charge on any atom is 0.327 e. The molecule has 1 N–H and O–H groups in total. The Hall–Kier alpha value is -0.950. The predicted octanol–water partition coefficient (Wildman–Crippen LogP) is 1.46. The Morgan fingerprint density at radius 3 is 2.62 bits per heavy atom. The molecule has 2 saturated heterocycles. The fraction of sp³-hybridized carbons (Fsp3) is 0.857. The van der Waals surface area contributed by atoms with Gasteiger partial charge in [-0.1, -0.05) is 0 Å². The maximum absolute atomic E-state index is 12.9. The summed E-state index contributed by atoms with van der Waals surface area (Å²) in [5, 5.41) is 9.44. The van der Waals surface area contributed by atoms with Crippen molar-refractivity contribution in [2.24, 2.45) is 5.92 Å². The van der Waals surface area contributed by atoms with Crippen molar-refractivity contribution in [3.63, 3.8) is 0 Å². The lowest BCUT2D eigenvalue weighted by Gasteiger charge is -2.41. The monoisotopic (exact) mass is 314 g/mol. The van der Waals surface area contributed by atoms with E-state index in [-0.39, 0.29) is 17.0 Å². The summed E-state index contributed by atoms with van der Waals surface area (Å²) < 4.78 is 5.64. The van der Waals surface area contributed by atoms with Gasteiger partial charge >= 0.3 is 12.0 Å². The van der Waals surface area contributed by atoms with Crippen LogP contribution in [0.15, 0.2) is 0 Å². The van der Waals surface area contributed by atoms with Crippen LogP contribution in [0.4, 0.5) is 4.79 Å². The van der Waals surface area contributed by atoms with Crippen LogP contribution < -0.4 is 0 Å². The van der Waals surface area contributed by atoms with Crippen molar-refractivity contribution in [2.75, 3.05) is 25.4 Å². The van der Waals surface area contributed by atoms with Crippen LogP contribution in [0.25, 0.3) is 0 Å². The van der Waals surface area contributed by atoms with Gasteiger partial charge in [0, 0.05) is 12.3 Å². The Labute approximate surface area is 128 Å². The number of carbonyl (C=O) groups is 2. The van der Waals surface area contributed by atoms with E-state index in [1.54, 1.807) is 21.6 Å². The van der Waals surface area contributed by atoms with Crippen LogP contribution in [0.2, 0.25) is 0 Å². The summed E-state index contributed by atoms with van der Waals surface area (Å²) in [6.07, 6.45) is 2.20. The minimum absolute atomic E-state index is 0.0320. The average Bonchev–Trinajstić information content (AvgIpc) is 3.15. The molecule has 2 aliphatic heterocycles. The number of morpholine rings is 1. The lowest BCUT2D eigenvalue weighted by molar-refractivity contribution is -0.141. The number of carbonyl (C=O) groups excluding carboxylic acids is 1. The van der Waals surface area contributed by atoms with Gasteiger partial charge < -0.3 is 14.7 Å². The molecule has 2 atom stereocenters. The van der Waals surface area contributed by atoms with Gasteiger partial charge in [-0.25, -0.2) is 9.59 Å². The maximum atomic E-state index is 12.9. The van der Waals surface area contributed by atoms with Crippen molar-refractivity contribution in [3.8, 4) is 0 Å². The van der Waals surface area contributed by atoms with E-state index in [9.17, 15) is 14.7 Å². The standard InChI is InChI=1S/C14H22N2O4S/c1-14(2)8-15(5-6-20-14)13(19)16-10(12(17)18)7-21-11(16)9-3-4-9/h9-11H,3-8H2,1-2H3,(H,17,18). The number of carboxylic acids is 1. The Balaban J connectivity index is 1.77. The quantitative estimate of drug-likeness (QED) is 0.835. The fourth-order valence-electron chi connectivity index (χ4n) is 3.05. The molecule has 21 heavy (non-hydrogen) atoms. The zero-order valence-electron chi connectivity index (χ0n) is 12.4. The van der Waals surface area contributed by atoms with Crippen molar-refractivity contribution in [3.05, 3.63) is 0 Å². The second kappa shape index (κ2) is 5.35. The van der Waals surface area contributed by atoms with Crippen LogP contribution in [-0.4, -0.2) is 69.4 Å². The summed E-state index contributed by atoms with van der Waals surface area (Å²) in [6.45, 7) is 5.46. The number of thioether (sulfide) groups is 1. The molecule has 3 fully saturated rings. The molecule has 0 aromatic carbocycles. The average molecular weight is 314 g/mol. The zero-order valence-corrected chi connectivity index (χ0v) is 13.3. The molecule has 1 aliphatic carbocycles. The van der Waals surface area contributed by atoms with E-state index in [1.165, 1.54) is 0 Å². The van der Waals surface area contributed by atoms with Crippen LogP contribution in [0.5, 0.6) is 0 Å². The molecule has 2 unspecified atom stereocenters. The summed E-state index contributed by atoms with van der Waals surface area (Å²) in [4.78, 5) is 27.7. The highest BCUT2D eigenvalue weighted by atomic mass is 32.2. The molecule has 0 aromatic heterocycles. The van der Waals surface area contributed by atoms with Crippen molar-refractivity contribution >= 4 is 23.8 Å². The molecule has 0 aromatic rings. The molecule has 2 heterocycles. The van der Waals surface area contributed by atoms with Crippen LogP contribution in [0.1, 0.15) is 26.7 Å². The number of carboxylic acid groups (broad SMARTS) is 1. The third-order valence-electron chi connectivity index (χ3n) is 4.26. The summed E-state index contributed by atoms with van der Waals surface area (Å²) in [6, 6.07) is -0.834. The first-order chi connectivity index (χ1) is 9.89. The third-order valence-corrected chi connectivity index (χ3v) is 5.72. The Morgan fingerprint density at radius 1 is 1.33 bits per heavy atom. The van der Waals surface area contributed by atoms with Gasteiger partial charge in [0.05, 0.1) is 24.1 Å². The molecular weight excluding hydrogens is 292 g/mol. The number of amides is 2. The predicted molar refractivity (Wildman–Crippen MR) is 79.2 cm³/mol. The minimum Gasteiger partial charge on any atom is -0.480 e. The van der Waals surface area contributed by atoms with E-state index >= 15 is 0 Å². The Bertz CT molecular complexity index is 452. The van der Waals surface area contributed by atoms with Gasteiger partial charge in [-0.15, -0.1) is 11.8 Å². The largest absolute Gasteiger partial charge is 0.480 e. The van der Waals surface area contributed by atoms with E-state index in [0.717, 1.165) is 12.8 Å². The highest BCUT2D eigenvalue weighted by Crippen LogP contribution is 2.45. The lowest BCUT2D eigenvalue weighted by Crippen LogP contribution is -2.58. The molecule has 2 amide bonds. The molecule has 0 spiro atoms. The second-order valence-electron chi connectivity index (χ2n) is 6.63. The molecule has 118 valence electrons. The summed E-state index contributed by atoms with van der Waals surface area (Å²) in [5.41, 5.74) is -0.366. The number of urea groups is 1. The Kier molecular flexibility index (Phi) is 3.81. The molecule has 3 rings (SSSR count). The van der Waals surface area contributed by atoms with Crippen LogP contribution in [0.3, 0.4) is 0 Å². The summed E-state index contributed by atoms with van der Waals surface area (Å²) in [7, 11) is 0. The van der Waals surface area contributed by atoms with Gasteiger partial charge in [0.25, 0.3) is 0 Å². The normalized spacial score (nSPS) is 32.3. The van der Waals surface area contributed by atoms with Gasteiger partial charge in [-0.05, 0) is 32.6 Å². The number of hydrogen-bond donors (Lipinski definition) is 1. The highest BCUT2D eigenvalue weighted by Gasteiger charge is 2.49. The molecule has 0 bridgehead atoms. The van der Waals surface area contributed by atoms with E-state index in [0.29, 0.717) is 31.4 Å². The summed E-state index contributed by atoms with van der Waals surface area (Å²) in [5.74, 6) is 0.0690. The van der Waals surface area contributed by atoms with Gasteiger partial charge in [-0.3, -0.25) is 4.90 Å². The number of aliphatic carboxylic acids is 1. The second-order valence-corrected chi connectivity index (χ2v) is 7.78. The van der Waals surface area contributed by atoms with Crippen molar-refractivity contribution < 1.29 is 19.4 Å². The first-order valence-corrected chi connectivity index (χ1v) is 8.49. The first kappa shape index (κ1) is 15.0. The Morgan fingerprint density at radius 2 is 2.05 bits per heavy atom. The lowest BCUT2D eigenvalue weighted by atomic mass is 10.1. The van der Waals surface area contributed by atoms with Crippen molar-refractivity contribution in [1.82, 2.24) is 9.80 Å².